The Morgan fingerprint density at radius 2 is 1.91 bits per heavy atom. The summed E-state index contributed by atoms with van der Waals surface area (Å²) in [4.78, 5) is 2.14. The molecule has 23 heavy (non-hydrogen) atoms. The van der Waals surface area contributed by atoms with Crippen LogP contribution >= 0.6 is 15.9 Å². The minimum absolute atomic E-state index is 0.0144. The van der Waals surface area contributed by atoms with Crippen LogP contribution in [0.25, 0.3) is 0 Å². The number of hydrogen-bond acceptors (Lipinski definition) is 3. The molecule has 3 nitrogen and oxygen atoms in total. The number of nitrogens with zero attached hydrogens (tertiary/aromatic N) is 1. The SMILES string of the molecule is COC1(OC)C(Br)CCCC1(CCN(C)C)c1ccccc1F. The lowest BCUT2D eigenvalue weighted by atomic mass is 9.62. The summed E-state index contributed by atoms with van der Waals surface area (Å²) in [5.41, 5.74) is 0.160. The lowest BCUT2D eigenvalue weighted by Crippen LogP contribution is -2.63. The summed E-state index contributed by atoms with van der Waals surface area (Å²) in [6.07, 6.45) is 3.56. The molecule has 0 N–H and O–H groups in total. The predicted molar refractivity (Wildman–Crippen MR) is 94.6 cm³/mol. The highest BCUT2D eigenvalue weighted by atomic mass is 79.9. The van der Waals surface area contributed by atoms with Crippen LogP contribution < -0.4 is 0 Å². The van der Waals surface area contributed by atoms with Crippen LogP contribution in [0.4, 0.5) is 4.39 Å². The third-order valence-corrected chi connectivity index (χ3v) is 6.18. The van der Waals surface area contributed by atoms with Gasteiger partial charge in [-0.15, -0.1) is 0 Å². The van der Waals surface area contributed by atoms with E-state index in [0.29, 0.717) is 5.56 Å². The lowest BCUT2D eigenvalue weighted by molar-refractivity contribution is -0.263. The van der Waals surface area contributed by atoms with Crippen LogP contribution in [-0.2, 0) is 14.9 Å². The highest BCUT2D eigenvalue weighted by Gasteiger charge is 2.59. The van der Waals surface area contributed by atoms with Crippen molar-refractivity contribution in [1.29, 1.82) is 0 Å². The first-order chi connectivity index (χ1) is 10.9. The molecule has 1 aromatic carbocycles. The van der Waals surface area contributed by atoms with Gasteiger partial charge in [0.15, 0.2) is 5.79 Å². The third-order valence-electron chi connectivity index (χ3n) is 5.12. The van der Waals surface area contributed by atoms with Crippen molar-refractivity contribution >= 4 is 15.9 Å². The van der Waals surface area contributed by atoms with Gasteiger partial charge in [-0.05, 0) is 51.5 Å². The molecule has 1 aromatic rings. The van der Waals surface area contributed by atoms with Gasteiger partial charge < -0.3 is 14.4 Å². The maximum atomic E-state index is 14.7. The Hall–Kier alpha value is -0.490. The van der Waals surface area contributed by atoms with Gasteiger partial charge in [-0.2, -0.15) is 0 Å². The van der Waals surface area contributed by atoms with Gasteiger partial charge in [-0.3, -0.25) is 0 Å². The zero-order valence-electron chi connectivity index (χ0n) is 14.4. The van der Waals surface area contributed by atoms with E-state index in [1.165, 1.54) is 6.07 Å². The van der Waals surface area contributed by atoms with Crippen molar-refractivity contribution in [3.8, 4) is 0 Å². The number of halogens is 2. The van der Waals surface area contributed by atoms with Crippen LogP contribution in [0.3, 0.4) is 0 Å². The second kappa shape index (κ2) is 7.60. The summed E-state index contributed by atoms with van der Waals surface area (Å²) in [6, 6.07) is 7.03. The molecule has 0 saturated heterocycles. The summed E-state index contributed by atoms with van der Waals surface area (Å²) >= 11 is 3.75. The maximum absolute atomic E-state index is 14.7. The van der Waals surface area contributed by atoms with Crippen LogP contribution in [0.2, 0.25) is 0 Å². The van der Waals surface area contributed by atoms with Crippen molar-refractivity contribution in [2.75, 3.05) is 34.9 Å². The summed E-state index contributed by atoms with van der Waals surface area (Å²) in [6.45, 7) is 0.836. The van der Waals surface area contributed by atoms with E-state index in [9.17, 15) is 4.39 Å². The molecule has 0 aliphatic heterocycles. The quantitative estimate of drug-likeness (QED) is 0.544. The van der Waals surface area contributed by atoms with E-state index < -0.39 is 11.2 Å². The first-order valence-electron chi connectivity index (χ1n) is 8.07. The first kappa shape index (κ1) is 18.8. The molecule has 0 spiro atoms. The number of benzene rings is 1. The lowest BCUT2D eigenvalue weighted by Gasteiger charge is -2.54. The summed E-state index contributed by atoms with van der Waals surface area (Å²) in [5.74, 6) is -1.07. The highest BCUT2D eigenvalue weighted by molar-refractivity contribution is 9.09. The summed E-state index contributed by atoms with van der Waals surface area (Å²) < 4.78 is 26.6. The highest BCUT2D eigenvalue weighted by Crippen LogP contribution is 2.53. The van der Waals surface area contributed by atoms with Crippen molar-refractivity contribution in [1.82, 2.24) is 4.90 Å². The number of methoxy groups -OCH3 is 2. The molecule has 2 unspecified atom stereocenters. The normalized spacial score (nSPS) is 27.3. The fraction of sp³-hybridized carbons (Fsp3) is 0.667. The fourth-order valence-corrected chi connectivity index (χ4v) is 5.13. The van der Waals surface area contributed by atoms with Crippen molar-refractivity contribution in [2.45, 2.75) is 41.7 Å². The van der Waals surface area contributed by atoms with Gasteiger partial charge in [0, 0.05) is 14.2 Å². The minimum Gasteiger partial charge on any atom is -0.351 e. The van der Waals surface area contributed by atoms with E-state index in [4.69, 9.17) is 9.47 Å². The Bertz CT molecular complexity index is 521. The topological polar surface area (TPSA) is 21.7 Å². The number of ether oxygens (including phenoxy) is 2. The smallest absolute Gasteiger partial charge is 0.189 e. The van der Waals surface area contributed by atoms with Gasteiger partial charge in [0.05, 0.1) is 10.2 Å². The molecule has 1 fully saturated rings. The molecule has 2 atom stereocenters. The molecule has 0 aromatic heterocycles. The van der Waals surface area contributed by atoms with Gasteiger partial charge in [0.1, 0.15) is 5.82 Å². The average Bonchev–Trinajstić information content (AvgIpc) is 2.54. The molecule has 1 aliphatic rings. The van der Waals surface area contributed by atoms with E-state index in [0.717, 1.165) is 32.2 Å². The van der Waals surface area contributed by atoms with E-state index >= 15 is 0 Å². The van der Waals surface area contributed by atoms with E-state index in [-0.39, 0.29) is 10.6 Å². The maximum Gasteiger partial charge on any atom is 0.189 e. The Morgan fingerprint density at radius 3 is 2.48 bits per heavy atom. The Morgan fingerprint density at radius 1 is 1.26 bits per heavy atom. The van der Waals surface area contributed by atoms with Gasteiger partial charge in [-0.1, -0.05) is 40.5 Å². The van der Waals surface area contributed by atoms with Crippen molar-refractivity contribution in [2.24, 2.45) is 0 Å². The van der Waals surface area contributed by atoms with Crippen LogP contribution in [0.1, 0.15) is 31.2 Å². The number of alkyl halides is 1. The predicted octanol–water partition coefficient (Wildman–Crippen LogP) is 3.95. The Balaban J connectivity index is 2.62. The molecule has 0 bridgehead atoms. The Kier molecular flexibility index (Phi) is 6.22. The van der Waals surface area contributed by atoms with E-state index in [2.05, 4.69) is 20.8 Å². The van der Waals surface area contributed by atoms with Crippen LogP contribution in [0.15, 0.2) is 24.3 Å². The molecule has 130 valence electrons. The molecule has 1 saturated carbocycles. The molecular formula is C18H27BrFNO2. The second-order valence-electron chi connectivity index (χ2n) is 6.55. The molecule has 0 amide bonds. The molecule has 0 heterocycles. The monoisotopic (exact) mass is 387 g/mol. The number of hydrogen-bond donors (Lipinski definition) is 0. The largest absolute Gasteiger partial charge is 0.351 e. The molecular weight excluding hydrogens is 361 g/mol. The molecule has 0 radical (unpaired) electrons. The van der Waals surface area contributed by atoms with E-state index in [1.54, 1.807) is 20.3 Å². The third kappa shape index (κ3) is 3.21. The van der Waals surface area contributed by atoms with Gasteiger partial charge in [0.25, 0.3) is 0 Å². The fourth-order valence-electron chi connectivity index (χ4n) is 4.00. The number of rotatable bonds is 6. The summed E-state index contributed by atoms with van der Waals surface area (Å²) in [5, 5.41) is 0. The second-order valence-corrected chi connectivity index (χ2v) is 7.66. The van der Waals surface area contributed by atoms with Crippen molar-refractivity contribution in [3.05, 3.63) is 35.6 Å². The van der Waals surface area contributed by atoms with Gasteiger partial charge in [0.2, 0.25) is 0 Å². The van der Waals surface area contributed by atoms with Crippen molar-refractivity contribution in [3.63, 3.8) is 0 Å². The minimum atomic E-state index is -0.885. The standard InChI is InChI=1S/C18H27BrFNO2/c1-21(2)13-12-17(14-8-5-6-9-15(14)20)11-7-10-16(19)18(17,22-3)23-4/h5-6,8-9,16H,7,10-13H2,1-4H3. The molecule has 1 aliphatic carbocycles. The van der Waals surface area contributed by atoms with Crippen LogP contribution in [0.5, 0.6) is 0 Å². The Labute approximate surface area is 147 Å². The zero-order chi connectivity index (χ0) is 17.1. The first-order valence-corrected chi connectivity index (χ1v) is 8.99. The van der Waals surface area contributed by atoms with Crippen LogP contribution in [-0.4, -0.2) is 50.4 Å². The van der Waals surface area contributed by atoms with Gasteiger partial charge >= 0.3 is 0 Å². The van der Waals surface area contributed by atoms with Crippen LogP contribution in [0, 0.1) is 5.82 Å². The summed E-state index contributed by atoms with van der Waals surface area (Å²) in [7, 11) is 7.39. The van der Waals surface area contributed by atoms with E-state index in [1.807, 2.05) is 26.2 Å². The molecule has 5 heteroatoms. The zero-order valence-corrected chi connectivity index (χ0v) is 16.0. The van der Waals surface area contributed by atoms with Crippen molar-refractivity contribution < 1.29 is 13.9 Å². The van der Waals surface area contributed by atoms with Gasteiger partial charge in [-0.25, -0.2) is 4.39 Å². The molecule has 2 rings (SSSR count). The average molecular weight is 388 g/mol.